The van der Waals surface area contributed by atoms with Crippen molar-refractivity contribution in [1.82, 2.24) is 0 Å². The fraction of sp³-hybridized carbons (Fsp3) is 0.500. The standard InChI is InChI=1S/C16H23NO2/c1-12-8-6-7-10-14(12)15(16(17)19)11-5-3-4-9-13(2)18/h6-8,10,15H,3-5,9,11H2,1-2H3,(H2,17,19). The van der Waals surface area contributed by atoms with Crippen molar-refractivity contribution >= 4 is 11.7 Å². The lowest BCUT2D eigenvalue weighted by atomic mass is 9.89. The van der Waals surface area contributed by atoms with E-state index < -0.39 is 0 Å². The van der Waals surface area contributed by atoms with Crippen LogP contribution in [0.1, 0.15) is 56.1 Å². The molecule has 0 aliphatic rings. The Labute approximate surface area is 115 Å². The maximum Gasteiger partial charge on any atom is 0.224 e. The summed E-state index contributed by atoms with van der Waals surface area (Å²) >= 11 is 0. The molecule has 19 heavy (non-hydrogen) atoms. The zero-order valence-electron chi connectivity index (χ0n) is 11.8. The number of aryl methyl sites for hydroxylation is 1. The van der Waals surface area contributed by atoms with Crippen LogP contribution in [-0.4, -0.2) is 11.7 Å². The van der Waals surface area contributed by atoms with Crippen molar-refractivity contribution in [3.63, 3.8) is 0 Å². The first-order valence-electron chi connectivity index (χ1n) is 6.86. The molecule has 0 bridgehead atoms. The van der Waals surface area contributed by atoms with Gasteiger partial charge in [-0.2, -0.15) is 0 Å². The Kier molecular flexibility index (Phi) is 6.26. The van der Waals surface area contributed by atoms with Crippen LogP contribution in [-0.2, 0) is 9.59 Å². The molecule has 3 nitrogen and oxygen atoms in total. The van der Waals surface area contributed by atoms with E-state index in [4.69, 9.17) is 5.73 Å². The summed E-state index contributed by atoms with van der Waals surface area (Å²) in [5, 5.41) is 0. The number of carbonyl (C=O) groups excluding carboxylic acids is 2. The lowest BCUT2D eigenvalue weighted by Crippen LogP contribution is -2.22. The zero-order chi connectivity index (χ0) is 14.3. The molecule has 1 aromatic rings. The molecule has 104 valence electrons. The van der Waals surface area contributed by atoms with Crippen molar-refractivity contribution in [1.29, 1.82) is 0 Å². The number of benzene rings is 1. The number of primary amides is 1. The first-order chi connectivity index (χ1) is 9.02. The first-order valence-corrected chi connectivity index (χ1v) is 6.86. The van der Waals surface area contributed by atoms with E-state index in [1.807, 2.05) is 31.2 Å². The number of unbranched alkanes of at least 4 members (excludes halogenated alkanes) is 2. The average molecular weight is 261 g/mol. The predicted octanol–water partition coefficient (Wildman–Crippen LogP) is 3.10. The molecular formula is C16H23NO2. The fourth-order valence-corrected chi connectivity index (χ4v) is 2.33. The highest BCUT2D eigenvalue weighted by molar-refractivity contribution is 5.82. The number of ketones is 1. The molecule has 0 saturated carbocycles. The smallest absolute Gasteiger partial charge is 0.224 e. The molecule has 0 saturated heterocycles. The monoisotopic (exact) mass is 261 g/mol. The maximum absolute atomic E-state index is 11.6. The molecule has 1 rings (SSSR count). The Balaban J connectivity index is 2.53. The van der Waals surface area contributed by atoms with Gasteiger partial charge in [0.05, 0.1) is 5.92 Å². The molecule has 0 heterocycles. The molecule has 0 radical (unpaired) electrons. The van der Waals surface area contributed by atoms with E-state index >= 15 is 0 Å². The van der Waals surface area contributed by atoms with Gasteiger partial charge in [0.2, 0.25) is 5.91 Å². The highest BCUT2D eigenvalue weighted by Crippen LogP contribution is 2.25. The Bertz CT molecular complexity index is 440. The number of carbonyl (C=O) groups is 2. The quantitative estimate of drug-likeness (QED) is 0.731. The van der Waals surface area contributed by atoms with Gasteiger partial charge in [-0.25, -0.2) is 0 Å². The van der Waals surface area contributed by atoms with Crippen LogP contribution in [0.2, 0.25) is 0 Å². The van der Waals surface area contributed by atoms with Crippen molar-refractivity contribution in [3.05, 3.63) is 35.4 Å². The molecule has 0 aliphatic heterocycles. The van der Waals surface area contributed by atoms with E-state index in [0.29, 0.717) is 6.42 Å². The van der Waals surface area contributed by atoms with Gasteiger partial charge < -0.3 is 10.5 Å². The Morgan fingerprint density at radius 2 is 1.84 bits per heavy atom. The molecule has 0 fully saturated rings. The Morgan fingerprint density at radius 1 is 1.16 bits per heavy atom. The second-order valence-electron chi connectivity index (χ2n) is 5.11. The molecule has 3 heteroatoms. The molecule has 1 atom stereocenters. The number of hydrogen-bond acceptors (Lipinski definition) is 2. The third-order valence-corrected chi connectivity index (χ3v) is 3.43. The number of Topliss-reactive ketones (excluding diaryl/α,β-unsaturated/α-hetero) is 1. The van der Waals surface area contributed by atoms with Gasteiger partial charge in [0, 0.05) is 6.42 Å². The van der Waals surface area contributed by atoms with E-state index in [1.165, 1.54) is 0 Å². The van der Waals surface area contributed by atoms with Gasteiger partial charge in [-0.3, -0.25) is 4.79 Å². The van der Waals surface area contributed by atoms with Crippen LogP contribution in [0.3, 0.4) is 0 Å². The largest absolute Gasteiger partial charge is 0.369 e. The van der Waals surface area contributed by atoms with Gasteiger partial charge in [-0.1, -0.05) is 37.1 Å². The van der Waals surface area contributed by atoms with Crippen LogP contribution in [0.4, 0.5) is 0 Å². The van der Waals surface area contributed by atoms with Crippen molar-refractivity contribution in [3.8, 4) is 0 Å². The Morgan fingerprint density at radius 3 is 2.42 bits per heavy atom. The number of rotatable bonds is 8. The minimum atomic E-state index is -0.263. The third kappa shape index (κ3) is 5.25. The van der Waals surface area contributed by atoms with E-state index in [-0.39, 0.29) is 17.6 Å². The van der Waals surface area contributed by atoms with E-state index in [9.17, 15) is 9.59 Å². The van der Waals surface area contributed by atoms with E-state index in [1.54, 1.807) is 6.92 Å². The summed E-state index contributed by atoms with van der Waals surface area (Å²) in [5.74, 6) is -0.246. The maximum atomic E-state index is 11.6. The van der Waals surface area contributed by atoms with Crippen LogP contribution < -0.4 is 5.73 Å². The molecule has 0 spiro atoms. The Hall–Kier alpha value is -1.64. The summed E-state index contributed by atoms with van der Waals surface area (Å²) in [6.07, 6.45) is 4.18. The molecule has 1 amide bonds. The van der Waals surface area contributed by atoms with Crippen LogP contribution in [0, 0.1) is 6.92 Å². The molecular weight excluding hydrogens is 238 g/mol. The SMILES string of the molecule is CC(=O)CCCCCC(C(N)=O)c1ccccc1C. The van der Waals surface area contributed by atoms with Crippen LogP contribution in [0.5, 0.6) is 0 Å². The van der Waals surface area contributed by atoms with E-state index in [2.05, 4.69) is 0 Å². The lowest BCUT2D eigenvalue weighted by Gasteiger charge is -2.16. The van der Waals surface area contributed by atoms with Crippen molar-refractivity contribution < 1.29 is 9.59 Å². The van der Waals surface area contributed by atoms with Crippen molar-refractivity contribution in [2.24, 2.45) is 5.73 Å². The number of hydrogen-bond donors (Lipinski definition) is 1. The molecule has 0 aliphatic carbocycles. The minimum Gasteiger partial charge on any atom is -0.369 e. The highest BCUT2D eigenvalue weighted by atomic mass is 16.1. The predicted molar refractivity (Wildman–Crippen MR) is 76.9 cm³/mol. The minimum absolute atomic E-state index is 0.210. The summed E-state index contributed by atoms with van der Waals surface area (Å²) in [6.45, 7) is 3.61. The summed E-state index contributed by atoms with van der Waals surface area (Å²) in [5.41, 5.74) is 7.64. The summed E-state index contributed by atoms with van der Waals surface area (Å²) in [6, 6.07) is 7.87. The molecule has 1 aromatic carbocycles. The van der Waals surface area contributed by atoms with Gasteiger partial charge in [-0.15, -0.1) is 0 Å². The lowest BCUT2D eigenvalue weighted by molar-refractivity contribution is -0.120. The fourth-order valence-electron chi connectivity index (χ4n) is 2.33. The molecule has 1 unspecified atom stereocenters. The number of nitrogens with two attached hydrogens (primary N) is 1. The summed E-state index contributed by atoms with van der Waals surface area (Å²) < 4.78 is 0. The molecule has 0 aromatic heterocycles. The molecule has 2 N–H and O–H groups in total. The van der Waals surface area contributed by atoms with Crippen LogP contribution in [0.15, 0.2) is 24.3 Å². The van der Waals surface area contributed by atoms with Gasteiger partial charge >= 0.3 is 0 Å². The average Bonchev–Trinajstić information content (AvgIpc) is 2.34. The highest BCUT2D eigenvalue weighted by Gasteiger charge is 2.18. The van der Waals surface area contributed by atoms with E-state index in [0.717, 1.165) is 36.8 Å². The van der Waals surface area contributed by atoms with Gasteiger partial charge in [0.25, 0.3) is 0 Å². The second-order valence-corrected chi connectivity index (χ2v) is 5.11. The zero-order valence-corrected chi connectivity index (χ0v) is 11.8. The second kappa shape index (κ2) is 7.72. The normalized spacial score (nSPS) is 12.1. The van der Waals surface area contributed by atoms with Crippen molar-refractivity contribution in [2.75, 3.05) is 0 Å². The summed E-state index contributed by atoms with van der Waals surface area (Å²) in [7, 11) is 0. The van der Waals surface area contributed by atoms with Crippen LogP contribution >= 0.6 is 0 Å². The van der Waals surface area contributed by atoms with Crippen LogP contribution in [0.25, 0.3) is 0 Å². The van der Waals surface area contributed by atoms with Gasteiger partial charge in [-0.05, 0) is 37.8 Å². The van der Waals surface area contributed by atoms with Gasteiger partial charge in [0.15, 0.2) is 0 Å². The summed E-state index contributed by atoms with van der Waals surface area (Å²) in [4.78, 5) is 22.4. The van der Waals surface area contributed by atoms with Gasteiger partial charge in [0.1, 0.15) is 5.78 Å². The third-order valence-electron chi connectivity index (χ3n) is 3.43. The number of amides is 1. The van der Waals surface area contributed by atoms with Crippen molar-refractivity contribution in [2.45, 2.75) is 51.9 Å². The topological polar surface area (TPSA) is 60.2 Å². The first kappa shape index (κ1) is 15.4.